The molecule has 0 aliphatic heterocycles. The fourth-order valence-corrected chi connectivity index (χ4v) is 5.03. The maximum absolute atomic E-state index is 12.6. The molecular formula is C17H26N2O4. The number of esters is 1. The summed E-state index contributed by atoms with van der Waals surface area (Å²) in [5.74, 6) is 1.19. The van der Waals surface area contributed by atoms with Gasteiger partial charge in [-0.05, 0) is 56.3 Å². The van der Waals surface area contributed by atoms with Crippen molar-refractivity contribution in [3.8, 4) is 0 Å². The second kappa shape index (κ2) is 6.13. The van der Waals surface area contributed by atoms with Crippen LogP contribution in [0.25, 0.3) is 0 Å². The largest absolute Gasteiger partial charge is 0.455 e. The van der Waals surface area contributed by atoms with E-state index in [2.05, 4.69) is 5.32 Å². The molecule has 2 amide bonds. The van der Waals surface area contributed by atoms with Crippen molar-refractivity contribution in [2.24, 2.45) is 23.2 Å². The number of carbonyl (C=O) groups excluding carboxylic acids is 3. The van der Waals surface area contributed by atoms with Crippen LogP contribution in [0.1, 0.15) is 38.5 Å². The van der Waals surface area contributed by atoms with Gasteiger partial charge in [0.1, 0.15) is 0 Å². The lowest BCUT2D eigenvalue weighted by molar-refractivity contribution is -0.173. The van der Waals surface area contributed by atoms with Crippen LogP contribution < -0.4 is 5.32 Å². The van der Waals surface area contributed by atoms with E-state index in [0.717, 1.165) is 19.3 Å². The minimum Gasteiger partial charge on any atom is -0.455 e. The van der Waals surface area contributed by atoms with Crippen molar-refractivity contribution >= 4 is 17.8 Å². The standard InChI is InChI=1S/C17H26N2O4/c1-19(2)15(21)9-18-14(20)10-23-16(22)17-6-11-3-12(7-17)5-13(4-11)8-17/h11-13H,3-10H2,1-2H3,(H,18,20). The smallest absolute Gasteiger partial charge is 0.312 e. The van der Waals surface area contributed by atoms with E-state index in [4.69, 9.17) is 4.74 Å². The second-order valence-electron chi connectivity index (χ2n) is 7.84. The Hall–Kier alpha value is -1.59. The van der Waals surface area contributed by atoms with E-state index < -0.39 is 5.91 Å². The van der Waals surface area contributed by atoms with E-state index in [1.165, 1.54) is 24.2 Å². The molecule has 0 spiro atoms. The predicted octanol–water partition coefficient (Wildman–Crippen LogP) is 0.950. The van der Waals surface area contributed by atoms with Gasteiger partial charge >= 0.3 is 5.97 Å². The summed E-state index contributed by atoms with van der Waals surface area (Å²) in [5.41, 5.74) is -0.339. The van der Waals surface area contributed by atoms with Crippen LogP contribution in [0.4, 0.5) is 0 Å². The number of nitrogens with one attached hydrogen (secondary N) is 1. The van der Waals surface area contributed by atoms with E-state index in [0.29, 0.717) is 17.8 Å². The zero-order valence-corrected chi connectivity index (χ0v) is 14.0. The zero-order valence-electron chi connectivity index (χ0n) is 14.0. The Labute approximate surface area is 136 Å². The number of ether oxygens (including phenoxy) is 1. The van der Waals surface area contributed by atoms with Gasteiger partial charge in [-0.15, -0.1) is 0 Å². The topological polar surface area (TPSA) is 75.7 Å². The monoisotopic (exact) mass is 322 g/mol. The molecule has 0 unspecified atom stereocenters. The summed E-state index contributed by atoms with van der Waals surface area (Å²) < 4.78 is 5.31. The van der Waals surface area contributed by atoms with Crippen LogP contribution in [-0.2, 0) is 19.1 Å². The molecule has 0 aromatic heterocycles. The first kappa shape index (κ1) is 16.3. The van der Waals surface area contributed by atoms with Gasteiger partial charge in [0.05, 0.1) is 12.0 Å². The minimum atomic E-state index is -0.418. The lowest BCUT2D eigenvalue weighted by Gasteiger charge is -2.55. The number of nitrogens with zero attached hydrogens (tertiary/aromatic N) is 1. The van der Waals surface area contributed by atoms with Gasteiger partial charge in [-0.3, -0.25) is 14.4 Å². The highest BCUT2D eigenvalue weighted by Crippen LogP contribution is 2.60. The molecule has 128 valence electrons. The molecule has 4 fully saturated rings. The van der Waals surface area contributed by atoms with Crippen LogP contribution in [0.15, 0.2) is 0 Å². The Balaban J connectivity index is 1.48. The molecule has 0 aromatic rings. The summed E-state index contributed by atoms with van der Waals surface area (Å²) >= 11 is 0. The first-order valence-electron chi connectivity index (χ1n) is 8.52. The van der Waals surface area contributed by atoms with Crippen LogP contribution in [0.3, 0.4) is 0 Å². The van der Waals surface area contributed by atoms with Gasteiger partial charge in [0.25, 0.3) is 5.91 Å². The molecule has 4 saturated carbocycles. The highest BCUT2D eigenvalue weighted by atomic mass is 16.5. The van der Waals surface area contributed by atoms with Gasteiger partial charge in [-0.25, -0.2) is 0 Å². The number of hydrogen-bond acceptors (Lipinski definition) is 4. The van der Waals surface area contributed by atoms with Crippen molar-refractivity contribution in [1.82, 2.24) is 10.2 Å². The second-order valence-corrected chi connectivity index (χ2v) is 7.84. The summed E-state index contributed by atoms with van der Waals surface area (Å²) in [6.45, 7) is -0.359. The highest BCUT2D eigenvalue weighted by molar-refractivity contribution is 5.86. The number of hydrogen-bond donors (Lipinski definition) is 1. The quantitative estimate of drug-likeness (QED) is 0.765. The van der Waals surface area contributed by atoms with Gasteiger partial charge in [0, 0.05) is 14.1 Å². The van der Waals surface area contributed by atoms with E-state index >= 15 is 0 Å². The van der Waals surface area contributed by atoms with Crippen molar-refractivity contribution in [2.75, 3.05) is 27.2 Å². The molecule has 4 aliphatic rings. The number of rotatable bonds is 5. The Bertz CT molecular complexity index is 479. The number of likely N-dealkylation sites (N-methyl/N-ethyl adjacent to an activating group) is 1. The average molecular weight is 322 g/mol. The third kappa shape index (κ3) is 3.35. The van der Waals surface area contributed by atoms with Crippen molar-refractivity contribution in [3.05, 3.63) is 0 Å². The van der Waals surface area contributed by atoms with Gasteiger partial charge in [0.2, 0.25) is 5.91 Å². The molecule has 6 nitrogen and oxygen atoms in total. The Morgan fingerprint density at radius 1 is 1.04 bits per heavy atom. The minimum absolute atomic E-state index is 0.0687. The fourth-order valence-electron chi connectivity index (χ4n) is 5.03. The van der Waals surface area contributed by atoms with E-state index in [1.54, 1.807) is 14.1 Å². The van der Waals surface area contributed by atoms with Gasteiger partial charge in [-0.1, -0.05) is 0 Å². The molecule has 0 radical (unpaired) electrons. The van der Waals surface area contributed by atoms with E-state index in [9.17, 15) is 14.4 Å². The molecule has 4 aliphatic carbocycles. The van der Waals surface area contributed by atoms with Crippen molar-refractivity contribution in [3.63, 3.8) is 0 Å². The molecule has 0 heterocycles. The zero-order chi connectivity index (χ0) is 16.6. The van der Waals surface area contributed by atoms with Crippen LogP contribution in [0, 0.1) is 23.2 Å². The summed E-state index contributed by atoms with van der Waals surface area (Å²) in [7, 11) is 3.25. The fraction of sp³-hybridized carbons (Fsp3) is 0.824. The maximum Gasteiger partial charge on any atom is 0.312 e. The molecule has 0 aromatic carbocycles. The summed E-state index contributed by atoms with van der Waals surface area (Å²) in [5, 5.41) is 2.49. The lowest BCUT2D eigenvalue weighted by Crippen LogP contribution is -2.51. The molecular weight excluding hydrogens is 296 g/mol. The molecule has 0 atom stereocenters. The normalized spacial score (nSPS) is 34.1. The molecule has 4 bridgehead atoms. The van der Waals surface area contributed by atoms with Crippen molar-refractivity contribution in [2.45, 2.75) is 38.5 Å². The number of amides is 2. The first-order valence-corrected chi connectivity index (χ1v) is 8.52. The van der Waals surface area contributed by atoms with Crippen molar-refractivity contribution in [1.29, 1.82) is 0 Å². The van der Waals surface area contributed by atoms with Crippen LogP contribution in [0.2, 0.25) is 0 Å². The lowest BCUT2D eigenvalue weighted by atomic mass is 9.49. The van der Waals surface area contributed by atoms with Gasteiger partial charge in [-0.2, -0.15) is 0 Å². The SMILES string of the molecule is CN(C)C(=O)CNC(=O)COC(=O)C12CC3CC(CC(C3)C1)C2. The Morgan fingerprint density at radius 3 is 2.04 bits per heavy atom. The molecule has 6 heteroatoms. The van der Waals surface area contributed by atoms with Gasteiger partial charge < -0.3 is 15.0 Å². The highest BCUT2D eigenvalue weighted by Gasteiger charge is 2.55. The first-order chi connectivity index (χ1) is 10.9. The van der Waals surface area contributed by atoms with E-state index in [-0.39, 0.29) is 30.4 Å². The van der Waals surface area contributed by atoms with E-state index in [1.807, 2.05) is 0 Å². The number of carbonyl (C=O) groups is 3. The predicted molar refractivity (Wildman–Crippen MR) is 83.3 cm³/mol. The van der Waals surface area contributed by atoms with Crippen LogP contribution in [-0.4, -0.2) is 49.9 Å². The third-order valence-corrected chi connectivity index (χ3v) is 5.74. The molecule has 0 saturated heterocycles. The molecule has 23 heavy (non-hydrogen) atoms. The summed E-state index contributed by atoms with van der Waals surface area (Å²) in [6.07, 6.45) is 6.58. The van der Waals surface area contributed by atoms with Crippen molar-refractivity contribution < 1.29 is 19.1 Å². The maximum atomic E-state index is 12.6. The average Bonchev–Trinajstić information content (AvgIpc) is 2.48. The van der Waals surface area contributed by atoms with Crippen LogP contribution in [0.5, 0.6) is 0 Å². The molecule has 1 N–H and O–H groups in total. The third-order valence-electron chi connectivity index (χ3n) is 5.74. The summed E-state index contributed by atoms with van der Waals surface area (Å²) in [4.78, 5) is 37.1. The Kier molecular flexibility index (Phi) is 4.34. The van der Waals surface area contributed by atoms with Gasteiger partial charge in [0.15, 0.2) is 6.61 Å². The Morgan fingerprint density at radius 2 is 1.57 bits per heavy atom. The van der Waals surface area contributed by atoms with Crippen LogP contribution >= 0.6 is 0 Å². The summed E-state index contributed by atoms with van der Waals surface area (Å²) in [6, 6.07) is 0. The molecule has 4 rings (SSSR count).